The number of nitrogens with one attached hydrogen (secondary N) is 1. The molecule has 2 heterocycles. The summed E-state index contributed by atoms with van der Waals surface area (Å²) in [5.41, 5.74) is 3.02. The molecule has 0 aliphatic carbocycles. The van der Waals surface area contributed by atoms with Crippen LogP contribution in [0.25, 0.3) is 6.08 Å². The predicted octanol–water partition coefficient (Wildman–Crippen LogP) is 4.64. The van der Waals surface area contributed by atoms with Gasteiger partial charge in [-0.05, 0) is 47.5 Å². The molecule has 0 spiro atoms. The predicted molar refractivity (Wildman–Crippen MR) is 128 cm³/mol. The Bertz CT molecular complexity index is 1100. The first-order valence-corrected chi connectivity index (χ1v) is 11.1. The Morgan fingerprint density at radius 3 is 2.62 bits per heavy atom. The maximum absolute atomic E-state index is 12.3. The fourth-order valence-corrected chi connectivity index (χ4v) is 4.04. The Hall–Kier alpha value is -3.58. The summed E-state index contributed by atoms with van der Waals surface area (Å²) in [7, 11) is 1.64. The lowest BCUT2D eigenvalue weighted by molar-refractivity contribution is -0.115. The van der Waals surface area contributed by atoms with Crippen molar-refractivity contribution in [1.29, 1.82) is 0 Å². The Kier molecular flexibility index (Phi) is 7.19. The molecule has 1 atom stereocenters. The summed E-state index contributed by atoms with van der Waals surface area (Å²) in [5, 5.41) is 3.49. The number of carbonyl (C=O) groups excluding carboxylic acids is 1. The Labute approximate surface area is 191 Å². The number of amides is 1. The number of hydrogen-bond acceptors (Lipinski definition) is 6. The molecule has 1 aliphatic rings. The van der Waals surface area contributed by atoms with E-state index in [-0.39, 0.29) is 11.9 Å². The van der Waals surface area contributed by atoms with Gasteiger partial charge in [0.15, 0.2) is 5.17 Å². The minimum atomic E-state index is -0.205. The molecule has 0 saturated carbocycles. The summed E-state index contributed by atoms with van der Waals surface area (Å²) in [6, 6.07) is 19.3. The molecule has 0 bridgehead atoms. The standard InChI is InChI=1S/C25H23N3O3S/c1-30-21-11-7-20(8-12-21)23-17-32-25(27-23)28-24(29)13-6-18-4-9-22(10-5-18)31-16-19-3-2-14-26-15-19/h2-15,23H,16-17H2,1H3,(H,27,28,29)/b13-6+. The van der Waals surface area contributed by atoms with Crippen LogP contribution in [0.4, 0.5) is 0 Å². The summed E-state index contributed by atoms with van der Waals surface area (Å²) in [4.78, 5) is 21.0. The van der Waals surface area contributed by atoms with Gasteiger partial charge in [-0.15, -0.1) is 0 Å². The van der Waals surface area contributed by atoms with E-state index in [4.69, 9.17) is 9.47 Å². The van der Waals surface area contributed by atoms with Crippen molar-refractivity contribution in [2.45, 2.75) is 12.6 Å². The van der Waals surface area contributed by atoms with Gasteiger partial charge in [-0.1, -0.05) is 42.1 Å². The molecule has 0 fully saturated rings. The summed E-state index contributed by atoms with van der Waals surface area (Å²) in [6.45, 7) is 0.461. The number of rotatable bonds is 7. The van der Waals surface area contributed by atoms with Gasteiger partial charge in [-0.25, -0.2) is 0 Å². The number of aromatic nitrogens is 1. The van der Waals surface area contributed by atoms with Gasteiger partial charge in [0.25, 0.3) is 0 Å². The van der Waals surface area contributed by atoms with Crippen LogP contribution in [0.3, 0.4) is 0 Å². The molecule has 4 rings (SSSR count). The van der Waals surface area contributed by atoms with E-state index in [2.05, 4.69) is 15.3 Å². The number of hydrogen-bond donors (Lipinski definition) is 1. The molecule has 0 saturated heterocycles. The highest BCUT2D eigenvalue weighted by molar-refractivity contribution is 8.14. The van der Waals surface area contributed by atoms with E-state index >= 15 is 0 Å². The van der Waals surface area contributed by atoms with Crippen molar-refractivity contribution in [3.63, 3.8) is 0 Å². The monoisotopic (exact) mass is 445 g/mol. The second-order valence-corrected chi connectivity index (χ2v) is 8.08. The second-order valence-electron chi connectivity index (χ2n) is 7.08. The quantitative estimate of drug-likeness (QED) is 0.536. The summed E-state index contributed by atoms with van der Waals surface area (Å²) >= 11 is 1.54. The van der Waals surface area contributed by atoms with Crippen molar-refractivity contribution in [2.75, 3.05) is 12.9 Å². The van der Waals surface area contributed by atoms with Gasteiger partial charge in [0.1, 0.15) is 18.1 Å². The first-order valence-electron chi connectivity index (χ1n) is 10.1. The minimum Gasteiger partial charge on any atom is -0.497 e. The van der Waals surface area contributed by atoms with Crippen LogP contribution in [0.15, 0.2) is 84.1 Å². The average molecular weight is 446 g/mol. The number of carbonyl (C=O) groups is 1. The van der Waals surface area contributed by atoms with Crippen molar-refractivity contribution < 1.29 is 14.3 Å². The van der Waals surface area contributed by atoms with Gasteiger partial charge in [0.05, 0.1) is 13.2 Å². The van der Waals surface area contributed by atoms with E-state index < -0.39 is 0 Å². The molecule has 3 aromatic rings. The maximum Gasteiger partial charge on any atom is 0.249 e. The lowest BCUT2D eigenvalue weighted by Gasteiger charge is -2.06. The van der Waals surface area contributed by atoms with Crippen LogP contribution in [0.2, 0.25) is 0 Å². The van der Waals surface area contributed by atoms with Crippen LogP contribution in [-0.2, 0) is 11.4 Å². The summed E-state index contributed by atoms with van der Waals surface area (Å²) in [6.07, 6.45) is 6.79. The largest absolute Gasteiger partial charge is 0.497 e. The molecule has 1 unspecified atom stereocenters. The molecule has 162 valence electrons. The SMILES string of the molecule is COc1ccc(C2CSC(NC(=O)/C=C/c3ccc(OCc4cccnc4)cc3)=N2)cc1. The zero-order chi connectivity index (χ0) is 22.2. The number of pyridine rings is 1. The third kappa shape index (κ3) is 5.98. The molecule has 1 amide bonds. The van der Waals surface area contributed by atoms with E-state index in [1.165, 1.54) is 6.08 Å². The Morgan fingerprint density at radius 1 is 1.12 bits per heavy atom. The zero-order valence-electron chi connectivity index (χ0n) is 17.6. The van der Waals surface area contributed by atoms with Crippen LogP contribution in [0.1, 0.15) is 22.7 Å². The van der Waals surface area contributed by atoms with Gasteiger partial charge in [0.2, 0.25) is 5.91 Å². The minimum absolute atomic E-state index is 0.0318. The summed E-state index contributed by atoms with van der Waals surface area (Å²) < 4.78 is 10.9. The fraction of sp³-hybridized carbons (Fsp3) is 0.160. The second kappa shape index (κ2) is 10.6. The molecule has 6 nitrogen and oxygen atoms in total. The Morgan fingerprint density at radius 2 is 1.91 bits per heavy atom. The van der Waals surface area contributed by atoms with Gasteiger partial charge < -0.3 is 14.8 Å². The first kappa shape index (κ1) is 21.6. The van der Waals surface area contributed by atoms with Crippen molar-refractivity contribution >= 4 is 28.9 Å². The molecule has 2 aromatic carbocycles. The molecule has 32 heavy (non-hydrogen) atoms. The van der Waals surface area contributed by atoms with Crippen molar-refractivity contribution in [3.8, 4) is 11.5 Å². The normalized spacial score (nSPS) is 15.4. The molecular weight excluding hydrogens is 422 g/mol. The van der Waals surface area contributed by atoms with Crippen molar-refractivity contribution in [2.24, 2.45) is 4.99 Å². The van der Waals surface area contributed by atoms with Crippen LogP contribution < -0.4 is 14.8 Å². The van der Waals surface area contributed by atoms with Gasteiger partial charge in [0, 0.05) is 29.8 Å². The number of thioether (sulfide) groups is 1. The van der Waals surface area contributed by atoms with E-state index in [0.717, 1.165) is 33.9 Å². The van der Waals surface area contributed by atoms with E-state index in [1.54, 1.807) is 37.3 Å². The number of methoxy groups -OCH3 is 1. The van der Waals surface area contributed by atoms with Crippen molar-refractivity contribution in [1.82, 2.24) is 10.3 Å². The van der Waals surface area contributed by atoms with Crippen LogP contribution >= 0.6 is 11.8 Å². The lowest BCUT2D eigenvalue weighted by atomic mass is 10.1. The molecule has 1 aromatic heterocycles. The number of benzene rings is 2. The number of nitrogens with zero attached hydrogens (tertiary/aromatic N) is 2. The van der Waals surface area contributed by atoms with Crippen LogP contribution in [0, 0.1) is 0 Å². The van der Waals surface area contributed by atoms with Gasteiger partial charge in [-0.2, -0.15) is 0 Å². The highest BCUT2D eigenvalue weighted by Crippen LogP contribution is 2.30. The lowest BCUT2D eigenvalue weighted by Crippen LogP contribution is -2.25. The third-order valence-corrected chi connectivity index (χ3v) is 5.78. The molecular formula is C25H23N3O3S. The zero-order valence-corrected chi connectivity index (χ0v) is 18.4. The number of aliphatic imine (C=N–C) groups is 1. The first-order chi connectivity index (χ1) is 15.7. The highest BCUT2D eigenvalue weighted by Gasteiger charge is 2.20. The van der Waals surface area contributed by atoms with E-state index in [0.29, 0.717) is 11.8 Å². The smallest absolute Gasteiger partial charge is 0.249 e. The fourth-order valence-electron chi connectivity index (χ4n) is 3.08. The van der Waals surface area contributed by atoms with Gasteiger partial charge >= 0.3 is 0 Å². The maximum atomic E-state index is 12.3. The third-order valence-electron chi connectivity index (χ3n) is 4.82. The topological polar surface area (TPSA) is 72.8 Å². The summed E-state index contributed by atoms with van der Waals surface area (Å²) in [5.74, 6) is 2.17. The Balaban J connectivity index is 1.27. The van der Waals surface area contributed by atoms with Crippen LogP contribution in [-0.4, -0.2) is 28.9 Å². The number of ether oxygens (including phenoxy) is 2. The van der Waals surface area contributed by atoms with Crippen LogP contribution in [0.5, 0.6) is 11.5 Å². The molecule has 7 heteroatoms. The number of amidine groups is 1. The molecule has 1 N–H and O–H groups in total. The molecule has 0 radical (unpaired) electrons. The van der Waals surface area contributed by atoms with E-state index in [9.17, 15) is 4.79 Å². The van der Waals surface area contributed by atoms with E-state index in [1.807, 2.05) is 60.7 Å². The molecule has 1 aliphatic heterocycles. The highest BCUT2D eigenvalue weighted by atomic mass is 32.2. The van der Waals surface area contributed by atoms with Gasteiger partial charge in [-0.3, -0.25) is 14.8 Å². The van der Waals surface area contributed by atoms with Crippen molar-refractivity contribution in [3.05, 3.63) is 95.8 Å². The average Bonchev–Trinajstić information content (AvgIpc) is 3.31.